The molecule has 0 saturated carbocycles. The molecule has 1 unspecified atom stereocenters. The lowest BCUT2D eigenvalue weighted by Crippen LogP contribution is -2.18. The Balaban J connectivity index is 3.00. The minimum atomic E-state index is 0.325. The van der Waals surface area contributed by atoms with Crippen molar-refractivity contribution in [1.82, 2.24) is 9.97 Å². The molecule has 1 aromatic heterocycles. The molecule has 0 aliphatic rings. The molecule has 0 aliphatic carbocycles. The number of ether oxygens (including phenoxy) is 1. The normalized spacial score (nSPS) is 12.2. The molecule has 0 bridgehead atoms. The molecule has 1 rings (SSSR count). The summed E-state index contributed by atoms with van der Waals surface area (Å²) in [5, 5.41) is 3.30. The number of hydrogen-bond donors (Lipinski definition) is 2. The molecule has 1 heterocycles. The van der Waals surface area contributed by atoms with Crippen LogP contribution in [0.4, 0.5) is 11.5 Å². The van der Waals surface area contributed by atoms with Gasteiger partial charge in [-0.25, -0.2) is 4.98 Å². The fourth-order valence-electron chi connectivity index (χ4n) is 1.41. The molecule has 0 aliphatic heterocycles. The Morgan fingerprint density at radius 1 is 1.28 bits per heavy atom. The van der Waals surface area contributed by atoms with Gasteiger partial charge in [0.15, 0.2) is 5.82 Å². The summed E-state index contributed by atoms with van der Waals surface area (Å²) in [6, 6.07) is 0.325. The van der Waals surface area contributed by atoms with Gasteiger partial charge in [0.05, 0.1) is 6.61 Å². The molecule has 5 nitrogen and oxygen atoms in total. The highest BCUT2D eigenvalue weighted by Gasteiger charge is 2.13. The van der Waals surface area contributed by atoms with E-state index in [0.29, 0.717) is 30.0 Å². The highest BCUT2D eigenvalue weighted by Crippen LogP contribution is 2.27. The second-order valence-corrected chi connectivity index (χ2v) is 4.36. The number of rotatable bonds is 7. The molecular formula is C13H24N4O. The summed E-state index contributed by atoms with van der Waals surface area (Å²) in [4.78, 5) is 8.74. The van der Waals surface area contributed by atoms with Crippen molar-refractivity contribution in [2.24, 2.45) is 0 Å². The molecule has 3 N–H and O–H groups in total. The molecule has 0 saturated heterocycles. The number of nitrogens with two attached hydrogens (primary N) is 1. The first-order valence-electron chi connectivity index (χ1n) is 6.68. The maximum absolute atomic E-state index is 6.04. The highest BCUT2D eigenvalue weighted by atomic mass is 16.5. The van der Waals surface area contributed by atoms with Crippen LogP contribution in [0.2, 0.25) is 0 Å². The Morgan fingerprint density at radius 3 is 2.56 bits per heavy atom. The van der Waals surface area contributed by atoms with Crippen LogP contribution in [0.25, 0.3) is 0 Å². The SMILES string of the molecule is CCCOc1nc(CC)nc(NC(C)CC)c1N. The Morgan fingerprint density at radius 2 is 2.00 bits per heavy atom. The summed E-state index contributed by atoms with van der Waals surface area (Å²) in [6.45, 7) is 8.90. The van der Waals surface area contributed by atoms with Gasteiger partial charge in [-0.3, -0.25) is 0 Å². The van der Waals surface area contributed by atoms with E-state index in [-0.39, 0.29) is 0 Å². The third-order valence-electron chi connectivity index (χ3n) is 2.71. The molecule has 0 spiro atoms. The van der Waals surface area contributed by atoms with Gasteiger partial charge in [-0.1, -0.05) is 20.8 Å². The van der Waals surface area contributed by atoms with Crippen molar-refractivity contribution in [3.8, 4) is 5.88 Å². The van der Waals surface area contributed by atoms with Crippen molar-refractivity contribution in [1.29, 1.82) is 0 Å². The molecule has 102 valence electrons. The number of nitrogens with zero attached hydrogens (tertiary/aromatic N) is 2. The van der Waals surface area contributed by atoms with Crippen molar-refractivity contribution in [2.45, 2.75) is 53.0 Å². The summed E-state index contributed by atoms with van der Waals surface area (Å²) in [5.74, 6) is 1.93. The van der Waals surface area contributed by atoms with Gasteiger partial charge in [-0.2, -0.15) is 4.98 Å². The van der Waals surface area contributed by atoms with Crippen LogP contribution in [0, 0.1) is 0 Å². The highest BCUT2D eigenvalue weighted by molar-refractivity contribution is 5.67. The van der Waals surface area contributed by atoms with E-state index in [1.807, 2.05) is 6.92 Å². The van der Waals surface area contributed by atoms with Gasteiger partial charge in [-0.05, 0) is 19.8 Å². The molecule has 18 heavy (non-hydrogen) atoms. The third-order valence-corrected chi connectivity index (χ3v) is 2.71. The van der Waals surface area contributed by atoms with E-state index in [1.54, 1.807) is 0 Å². The molecular weight excluding hydrogens is 228 g/mol. The van der Waals surface area contributed by atoms with Crippen LogP contribution in [0.5, 0.6) is 5.88 Å². The predicted octanol–water partition coefficient (Wildman–Crippen LogP) is 2.62. The Kier molecular flexibility index (Phi) is 5.68. The summed E-state index contributed by atoms with van der Waals surface area (Å²) in [5.41, 5.74) is 6.54. The van der Waals surface area contributed by atoms with E-state index >= 15 is 0 Å². The molecule has 0 aromatic carbocycles. The lowest BCUT2D eigenvalue weighted by molar-refractivity contribution is 0.305. The summed E-state index contributed by atoms with van der Waals surface area (Å²) in [6.07, 6.45) is 2.70. The van der Waals surface area contributed by atoms with Gasteiger partial charge in [0.25, 0.3) is 0 Å². The zero-order valence-electron chi connectivity index (χ0n) is 11.8. The van der Waals surface area contributed by atoms with Gasteiger partial charge >= 0.3 is 0 Å². The van der Waals surface area contributed by atoms with Crippen LogP contribution in [0.1, 0.15) is 46.4 Å². The second-order valence-electron chi connectivity index (χ2n) is 4.36. The smallest absolute Gasteiger partial charge is 0.242 e. The molecule has 5 heteroatoms. The first-order valence-corrected chi connectivity index (χ1v) is 6.68. The third kappa shape index (κ3) is 3.75. The van der Waals surface area contributed by atoms with Crippen molar-refractivity contribution < 1.29 is 4.74 Å². The standard InChI is InChI=1S/C13H24N4O/c1-5-8-18-13-11(14)12(15-9(4)6-2)16-10(7-3)17-13/h9H,5-8,14H2,1-4H3,(H,15,16,17). The van der Waals surface area contributed by atoms with Crippen molar-refractivity contribution in [3.05, 3.63) is 5.82 Å². The number of nitrogens with one attached hydrogen (secondary N) is 1. The fraction of sp³-hybridized carbons (Fsp3) is 0.692. The number of aryl methyl sites for hydroxylation is 1. The lowest BCUT2D eigenvalue weighted by Gasteiger charge is -2.16. The van der Waals surface area contributed by atoms with Gasteiger partial charge in [0, 0.05) is 12.5 Å². The minimum absolute atomic E-state index is 0.325. The molecule has 0 amide bonds. The quantitative estimate of drug-likeness (QED) is 0.780. The van der Waals surface area contributed by atoms with Crippen LogP contribution in [-0.4, -0.2) is 22.6 Å². The average Bonchev–Trinajstić information content (AvgIpc) is 2.39. The van der Waals surface area contributed by atoms with E-state index < -0.39 is 0 Å². The van der Waals surface area contributed by atoms with Crippen LogP contribution < -0.4 is 15.8 Å². The molecule has 1 aromatic rings. The van der Waals surface area contributed by atoms with Crippen LogP contribution in [0.3, 0.4) is 0 Å². The Labute approximate surface area is 109 Å². The summed E-state index contributed by atoms with van der Waals surface area (Å²) >= 11 is 0. The minimum Gasteiger partial charge on any atom is -0.476 e. The van der Waals surface area contributed by atoms with E-state index in [1.165, 1.54) is 0 Å². The first-order chi connectivity index (χ1) is 8.62. The van der Waals surface area contributed by atoms with Gasteiger partial charge < -0.3 is 15.8 Å². The van der Waals surface area contributed by atoms with Gasteiger partial charge in [0.2, 0.25) is 5.88 Å². The molecule has 0 radical (unpaired) electrons. The van der Waals surface area contributed by atoms with Crippen molar-refractivity contribution in [2.75, 3.05) is 17.7 Å². The van der Waals surface area contributed by atoms with Gasteiger partial charge in [0.1, 0.15) is 11.5 Å². The molecule has 1 atom stereocenters. The topological polar surface area (TPSA) is 73.1 Å². The Hall–Kier alpha value is -1.52. The zero-order valence-corrected chi connectivity index (χ0v) is 11.8. The lowest BCUT2D eigenvalue weighted by atomic mass is 10.2. The number of aromatic nitrogens is 2. The zero-order chi connectivity index (χ0) is 13.5. The number of nitrogen functional groups attached to an aromatic ring is 1. The van der Waals surface area contributed by atoms with E-state index in [2.05, 4.69) is 36.1 Å². The van der Waals surface area contributed by atoms with Gasteiger partial charge in [-0.15, -0.1) is 0 Å². The summed E-state index contributed by atoms with van der Waals surface area (Å²) in [7, 11) is 0. The van der Waals surface area contributed by atoms with Crippen molar-refractivity contribution in [3.63, 3.8) is 0 Å². The van der Waals surface area contributed by atoms with Crippen LogP contribution >= 0.6 is 0 Å². The van der Waals surface area contributed by atoms with Crippen LogP contribution in [-0.2, 0) is 6.42 Å². The maximum Gasteiger partial charge on any atom is 0.242 e. The predicted molar refractivity (Wildman–Crippen MR) is 75.0 cm³/mol. The van der Waals surface area contributed by atoms with E-state index in [9.17, 15) is 0 Å². The van der Waals surface area contributed by atoms with Crippen LogP contribution in [0.15, 0.2) is 0 Å². The molecule has 0 fully saturated rings. The maximum atomic E-state index is 6.04. The largest absolute Gasteiger partial charge is 0.476 e. The Bertz CT molecular complexity index is 381. The van der Waals surface area contributed by atoms with Crippen molar-refractivity contribution >= 4 is 11.5 Å². The summed E-state index contributed by atoms with van der Waals surface area (Å²) < 4.78 is 5.57. The number of anilines is 2. The number of hydrogen-bond acceptors (Lipinski definition) is 5. The van der Waals surface area contributed by atoms with E-state index in [4.69, 9.17) is 10.5 Å². The first kappa shape index (κ1) is 14.5. The second kappa shape index (κ2) is 7.03. The fourth-order valence-corrected chi connectivity index (χ4v) is 1.41. The monoisotopic (exact) mass is 252 g/mol. The van der Waals surface area contributed by atoms with E-state index in [0.717, 1.165) is 25.1 Å². The average molecular weight is 252 g/mol.